The summed E-state index contributed by atoms with van der Waals surface area (Å²) in [5, 5.41) is 14.4. The molecular formula is C28H41NO5. The fourth-order valence-corrected chi connectivity index (χ4v) is 4.32. The van der Waals surface area contributed by atoms with Gasteiger partial charge in [-0.1, -0.05) is 53.7 Å². The summed E-state index contributed by atoms with van der Waals surface area (Å²) in [5.41, 5.74) is 3.51. The van der Waals surface area contributed by atoms with Crippen LogP contribution >= 0.6 is 0 Å². The van der Waals surface area contributed by atoms with E-state index in [1.807, 2.05) is 67.5 Å². The summed E-state index contributed by atoms with van der Waals surface area (Å²) in [6.45, 7) is 21.4. The van der Waals surface area contributed by atoms with E-state index in [9.17, 15) is 14.7 Å². The van der Waals surface area contributed by atoms with Crippen molar-refractivity contribution in [2.45, 2.75) is 99.0 Å². The Morgan fingerprint density at radius 3 is 1.76 bits per heavy atom. The first kappa shape index (κ1) is 27.5. The third-order valence-corrected chi connectivity index (χ3v) is 5.90. The Hall–Kier alpha value is -2.76. The number of nitrogens with one attached hydrogen (secondary N) is 1. The number of allylic oxidation sites excluding steroid dienone is 2. The van der Waals surface area contributed by atoms with Gasteiger partial charge in [0.05, 0.1) is 29.8 Å². The summed E-state index contributed by atoms with van der Waals surface area (Å²) in [7, 11) is 0. The third-order valence-electron chi connectivity index (χ3n) is 5.90. The van der Waals surface area contributed by atoms with Gasteiger partial charge in [0.15, 0.2) is 0 Å². The first-order chi connectivity index (χ1) is 15.5. The van der Waals surface area contributed by atoms with E-state index >= 15 is 0 Å². The molecule has 1 heterocycles. The normalized spacial score (nSPS) is 17.1. The number of benzene rings is 1. The number of hydrogen-bond donors (Lipinski definition) is 2. The molecule has 1 unspecified atom stereocenters. The highest BCUT2D eigenvalue weighted by Crippen LogP contribution is 2.45. The van der Waals surface area contributed by atoms with E-state index in [2.05, 4.69) is 5.32 Å². The molecular weight excluding hydrogens is 430 g/mol. The Kier molecular flexibility index (Phi) is 7.96. The fraction of sp³-hybridized carbons (Fsp3) is 0.571. The quantitative estimate of drug-likeness (QED) is 0.533. The molecule has 0 spiro atoms. The lowest BCUT2D eigenvalue weighted by atomic mass is 9.73. The van der Waals surface area contributed by atoms with Crippen LogP contribution in [0.15, 0.2) is 34.7 Å². The van der Waals surface area contributed by atoms with Crippen LogP contribution in [0.1, 0.15) is 98.8 Å². The SMILES string of the molecule is CCOC(=O)C1=C(C)NC(C)=C(C(=O)OC(C)C)C1c1cc(C(C)(C)C)c(O)c(C(C)(C)C)c1. The zero-order valence-corrected chi connectivity index (χ0v) is 22.6. The Labute approximate surface area is 204 Å². The minimum absolute atomic E-state index is 0.215. The lowest BCUT2D eigenvalue weighted by molar-refractivity contribution is -0.143. The van der Waals surface area contributed by atoms with Gasteiger partial charge in [0, 0.05) is 11.4 Å². The predicted octanol–water partition coefficient (Wildman–Crippen LogP) is 5.74. The lowest BCUT2D eigenvalue weighted by Gasteiger charge is -2.34. The van der Waals surface area contributed by atoms with Gasteiger partial charge in [-0.2, -0.15) is 0 Å². The number of hydrogen-bond acceptors (Lipinski definition) is 6. The number of ether oxygens (including phenoxy) is 2. The summed E-state index contributed by atoms with van der Waals surface area (Å²) in [6.07, 6.45) is -0.318. The van der Waals surface area contributed by atoms with Crippen LogP contribution in [-0.4, -0.2) is 29.8 Å². The first-order valence-corrected chi connectivity index (χ1v) is 11.9. The fourth-order valence-electron chi connectivity index (χ4n) is 4.32. The van der Waals surface area contributed by atoms with Gasteiger partial charge in [0.25, 0.3) is 0 Å². The van der Waals surface area contributed by atoms with Gasteiger partial charge in [-0.25, -0.2) is 9.59 Å². The molecule has 0 saturated heterocycles. The van der Waals surface area contributed by atoms with Gasteiger partial charge >= 0.3 is 11.9 Å². The molecule has 0 fully saturated rings. The maximum atomic E-state index is 13.3. The molecule has 0 saturated carbocycles. The Morgan fingerprint density at radius 2 is 1.38 bits per heavy atom. The van der Waals surface area contributed by atoms with Crippen molar-refractivity contribution in [1.29, 1.82) is 0 Å². The summed E-state index contributed by atoms with van der Waals surface area (Å²) < 4.78 is 11.0. The summed E-state index contributed by atoms with van der Waals surface area (Å²) in [5.74, 6) is -1.43. The van der Waals surface area contributed by atoms with Gasteiger partial charge in [0.2, 0.25) is 0 Å². The molecule has 34 heavy (non-hydrogen) atoms. The van der Waals surface area contributed by atoms with Gasteiger partial charge < -0.3 is 19.9 Å². The molecule has 2 N–H and O–H groups in total. The maximum Gasteiger partial charge on any atom is 0.337 e. The van der Waals surface area contributed by atoms with Crippen molar-refractivity contribution in [2.75, 3.05) is 6.61 Å². The zero-order chi connectivity index (χ0) is 26.2. The average Bonchev–Trinajstić information content (AvgIpc) is 2.65. The highest BCUT2D eigenvalue weighted by atomic mass is 16.5. The second kappa shape index (κ2) is 9.85. The minimum Gasteiger partial charge on any atom is -0.507 e. The van der Waals surface area contributed by atoms with Crippen molar-refractivity contribution in [1.82, 2.24) is 5.32 Å². The van der Waals surface area contributed by atoms with Crippen LogP contribution in [0.5, 0.6) is 5.75 Å². The number of rotatable bonds is 5. The van der Waals surface area contributed by atoms with Crippen LogP contribution in [0.25, 0.3) is 0 Å². The molecule has 6 nitrogen and oxygen atoms in total. The molecule has 1 atom stereocenters. The van der Waals surface area contributed by atoms with Crippen LogP contribution in [0.4, 0.5) is 0 Å². The first-order valence-electron chi connectivity index (χ1n) is 11.9. The van der Waals surface area contributed by atoms with Gasteiger partial charge in [-0.15, -0.1) is 0 Å². The highest BCUT2D eigenvalue weighted by Gasteiger charge is 2.40. The van der Waals surface area contributed by atoms with Gasteiger partial charge in [-0.05, 0) is 62.1 Å². The van der Waals surface area contributed by atoms with E-state index in [1.165, 1.54) is 0 Å². The van der Waals surface area contributed by atoms with E-state index in [-0.39, 0.29) is 29.3 Å². The molecule has 0 bridgehead atoms. The van der Waals surface area contributed by atoms with Crippen LogP contribution in [0, 0.1) is 0 Å². The standard InChI is InChI=1S/C28H41NO5/c1-12-33-25(31)21-16(4)29-17(5)22(26(32)34-15(2)3)23(21)18-13-19(27(6,7)8)24(30)20(14-18)28(9,10)11/h13-15,23,29-30H,12H2,1-11H3. The van der Waals surface area contributed by atoms with Crippen LogP contribution < -0.4 is 5.32 Å². The maximum absolute atomic E-state index is 13.3. The summed E-state index contributed by atoms with van der Waals surface area (Å²) in [4.78, 5) is 26.5. The largest absolute Gasteiger partial charge is 0.507 e. The van der Waals surface area contributed by atoms with Crippen molar-refractivity contribution in [3.05, 3.63) is 51.4 Å². The topological polar surface area (TPSA) is 84.9 Å². The average molecular weight is 472 g/mol. The number of aromatic hydroxyl groups is 1. The Morgan fingerprint density at radius 1 is 0.941 bits per heavy atom. The summed E-state index contributed by atoms with van der Waals surface area (Å²) in [6, 6.07) is 3.81. The van der Waals surface area contributed by atoms with Crippen molar-refractivity contribution < 1.29 is 24.2 Å². The lowest BCUT2D eigenvalue weighted by Crippen LogP contribution is -2.33. The predicted molar refractivity (Wildman–Crippen MR) is 135 cm³/mol. The molecule has 2 rings (SSSR count). The van der Waals surface area contributed by atoms with E-state index in [1.54, 1.807) is 20.8 Å². The van der Waals surface area contributed by atoms with E-state index in [0.29, 0.717) is 22.5 Å². The van der Waals surface area contributed by atoms with Crippen molar-refractivity contribution in [3.63, 3.8) is 0 Å². The molecule has 1 aliphatic heterocycles. The number of carbonyl (C=O) groups excluding carboxylic acids is 2. The summed E-state index contributed by atoms with van der Waals surface area (Å²) >= 11 is 0. The van der Waals surface area contributed by atoms with Crippen molar-refractivity contribution in [3.8, 4) is 5.75 Å². The van der Waals surface area contributed by atoms with Crippen LogP contribution in [-0.2, 0) is 29.9 Å². The number of phenols is 1. The number of carbonyl (C=O) groups is 2. The molecule has 1 aromatic rings. The van der Waals surface area contributed by atoms with E-state index < -0.39 is 17.9 Å². The van der Waals surface area contributed by atoms with Crippen LogP contribution in [0.2, 0.25) is 0 Å². The Bertz CT molecular complexity index is 997. The molecule has 0 aliphatic carbocycles. The molecule has 188 valence electrons. The van der Waals surface area contributed by atoms with E-state index in [4.69, 9.17) is 9.47 Å². The van der Waals surface area contributed by atoms with Crippen LogP contribution in [0.3, 0.4) is 0 Å². The zero-order valence-electron chi connectivity index (χ0n) is 22.6. The number of dihydropyridines is 1. The molecule has 0 aromatic heterocycles. The van der Waals surface area contributed by atoms with Crippen molar-refractivity contribution in [2.24, 2.45) is 0 Å². The van der Waals surface area contributed by atoms with Gasteiger partial charge in [0.1, 0.15) is 5.75 Å². The molecule has 1 aliphatic rings. The van der Waals surface area contributed by atoms with E-state index in [0.717, 1.165) is 16.7 Å². The molecule has 0 amide bonds. The molecule has 6 heteroatoms. The number of esters is 2. The van der Waals surface area contributed by atoms with Gasteiger partial charge in [-0.3, -0.25) is 0 Å². The monoisotopic (exact) mass is 471 g/mol. The Balaban J connectivity index is 2.95. The van der Waals surface area contributed by atoms with Crippen molar-refractivity contribution >= 4 is 11.9 Å². The second-order valence-corrected chi connectivity index (χ2v) is 11.3. The second-order valence-electron chi connectivity index (χ2n) is 11.3. The molecule has 1 aromatic carbocycles. The smallest absolute Gasteiger partial charge is 0.337 e. The third kappa shape index (κ3) is 5.65. The minimum atomic E-state index is -0.700. The number of phenolic OH excluding ortho intramolecular Hbond substituents is 1. The molecule has 0 radical (unpaired) electrons. The highest BCUT2D eigenvalue weighted by molar-refractivity contribution is 6.00.